The van der Waals surface area contributed by atoms with E-state index < -0.39 is 0 Å². The van der Waals surface area contributed by atoms with Crippen LogP contribution in [0.3, 0.4) is 0 Å². The number of esters is 1. The van der Waals surface area contributed by atoms with Crippen LogP contribution in [0.1, 0.15) is 18.4 Å². The fourth-order valence-electron chi connectivity index (χ4n) is 2.88. The molecule has 1 fully saturated rings. The van der Waals surface area contributed by atoms with Crippen LogP contribution in [0.4, 0.5) is 0 Å². The van der Waals surface area contributed by atoms with Gasteiger partial charge < -0.3 is 9.22 Å². The molecular formula is C18H24NO2+. The first-order valence-corrected chi connectivity index (χ1v) is 7.60. The van der Waals surface area contributed by atoms with Gasteiger partial charge >= 0.3 is 5.97 Å². The predicted octanol–water partition coefficient (Wildman–Crippen LogP) is 3.04. The Morgan fingerprint density at radius 2 is 1.95 bits per heavy atom. The molecule has 1 aromatic rings. The molecule has 112 valence electrons. The molecule has 0 saturated carbocycles. The summed E-state index contributed by atoms with van der Waals surface area (Å²) in [5.41, 5.74) is 1.23. The van der Waals surface area contributed by atoms with Crippen LogP contribution in [-0.2, 0) is 9.53 Å². The van der Waals surface area contributed by atoms with Crippen LogP contribution in [-0.4, -0.2) is 43.2 Å². The van der Waals surface area contributed by atoms with Crippen molar-refractivity contribution < 1.29 is 14.0 Å². The van der Waals surface area contributed by atoms with Crippen LogP contribution in [0.25, 0.3) is 6.08 Å². The largest absolute Gasteiger partial charge is 0.457 e. The third-order valence-electron chi connectivity index (χ3n) is 4.09. The number of nitrogens with zero attached hydrogens (tertiary/aromatic N) is 1. The first-order valence-electron chi connectivity index (χ1n) is 7.60. The van der Waals surface area contributed by atoms with Crippen LogP contribution < -0.4 is 0 Å². The van der Waals surface area contributed by atoms with E-state index in [1.165, 1.54) is 37.6 Å². The Balaban J connectivity index is 1.87. The van der Waals surface area contributed by atoms with E-state index in [9.17, 15) is 4.79 Å². The van der Waals surface area contributed by atoms with E-state index in [1.807, 2.05) is 6.07 Å². The van der Waals surface area contributed by atoms with Crippen molar-refractivity contribution >= 4 is 12.0 Å². The van der Waals surface area contributed by atoms with Crippen molar-refractivity contribution in [3.05, 3.63) is 54.6 Å². The molecule has 1 saturated heterocycles. The molecule has 0 N–H and O–H groups in total. The topological polar surface area (TPSA) is 26.3 Å². The van der Waals surface area contributed by atoms with Gasteiger partial charge in [-0.3, -0.25) is 0 Å². The van der Waals surface area contributed by atoms with Crippen molar-refractivity contribution in [2.75, 3.05) is 32.8 Å². The maximum absolute atomic E-state index is 11.1. The molecular weight excluding hydrogens is 262 g/mol. The van der Waals surface area contributed by atoms with Gasteiger partial charge in [0.1, 0.15) is 13.2 Å². The number of hydrogen-bond acceptors (Lipinski definition) is 2. The predicted molar refractivity (Wildman–Crippen MR) is 85.6 cm³/mol. The summed E-state index contributed by atoms with van der Waals surface area (Å²) in [5, 5.41) is 0. The van der Waals surface area contributed by atoms with E-state index in [0.717, 1.165) is 17.6 Å². The molecule has 1 aliphatic rings. The molecule has 21 heavy (non-hydrogen) atoms. The molecule has 0 atom stereocenters. The van der Waals surface area contributed by atoms with Crippen molar-refractivity contribution in [3.8, 4) is 0 Å². The summed E-state index contributed by atoms with van der Waals surface area (Å²) < 4.78 is 6.17. The number of quaternary nitrogens is 1. The zero-order valence-electron chi connectivity index (χ0n) is 12.5. The smallest absolute Gasteiger partial charge is 0.330 e. The van der Waals surface area contributed by atoms with E-state index in [-0.39, 0.29) is 5.97 Å². The molecule has 2 rings (SSSR count). The van der Waals surface area contributed by atoms with Gasteiger partial charge in [-0.05, 0) is 11.6 Å². The van der Waals surface area contributed by atoms with Crippen molar-refractivity contribution in [2.24, 2.45) is 0 Å². The van der Waals surface area contributed by atoms with E-state index in [1.54, 1.807) is 0 Å². The van der Waals surface area contributed by atoms with E-state index >= 15 is 0 Å². The summed E-state index contributed by atoms with van der Waals surface area (Å²) in [6, 6.07) is 10.3. The Hall–Kier alpha value is -1.87. The van der Waals surface area contributed by atoms with Crippen molar-refractivity contribution in [3.63, 3.8) is 0 Å². The molecule has 0 unspecified atom stereocenters. The van der Waals surface area contributed by atoms with Crippen molar-refractivity contribution in [2.45, 2.75) is 12.8 Å². The highest BCUT2D eigenvalue weighted by Crippen LogP contribution is 2.19. The summed E-state index contributed by atoms with van der Waals surface area (Å²) in [6.07, 6.45) is 8.16. The Labute approximate surface area is 127 Å². The van der Waals surface area contributed by atoms with Gasteiger partial charge in [0.25, 0.3) is 0 Å². The Morgan fingerprint density at radius 1 is 1.24 bits per heavy atom. The van der Waals surface area contributed by atoms with E-state index in [4.69, 9.17) is 4.74 Å². The SMILES string of the molecule is C=CC(=O)OCC[N+]1(CC=Cc2ccccc2)CCCC1. The van der Waals surface area contributed by atoms with Gasteiger partial charge in [0.15, 0.2) is 0 Å². The molecule has 0 spiro atoms. The number of ether oxygens (including phenoxy) is 1. The molecule has 1 aromatic carbocycles. The number of carbonyl (C=O) groups excluding carboxylic acids is 1. The molecule has 1 aliphatic heterocycles. The van der Waals surface area contributed by atoms with E-state index in [0.29, 0.717) is 6.61 Å². The average Bonchev–Trinajstić information content (AvgIpc) is 2.97. The molecule has 0 aromatic heterocycles. The molecule has 0 aliphatic carbocycles. The Bertz CT molecular complexity index is 487. The lowest BCUT2D eigenvalue weighted by Crippen LogP contribution is -2.47. The van der Waals surface area contributed by atoms with Gasteiger partial charge in [-0.1, -0.05) is 43.0 Å². The van der Waals surface area contributed by atoms with Crippen LogP contribution in [0.5, 0.6) is 0 Å². The minimum absolute atomic E-state index is 0.327. The van der Waals surface area contributed by atoms with Crippen LogP contribution in [0, 0.1) is 0 Å². The third kappa shape index (κ3) is 4.87. The fraction of sp³-hybridized carbons (Fsp3) is 0.389. The summed E-state index contributed by atoms with van der Waals surface area (Å²) in [5.74, 6) is -0.327. The minimum atomic E-state index is -0.327. The second kappa shape index (κ2) is 7.79. The summed E-state index contributed by atoms with van der Waals surface area (Å²) >= 11 is 0. The molecule has 0 bridgehead atoms. The lowest BCUT2D eigenvalue weighted by Gasteiger charge is -2.32. The van der Waals surface area contributed by atoms with Gasteiger partial charge in [-0.15, -0.1) is 0 Å². The normalized spacial score (nSPS) is 17.0. The molecule has 0 radical (unpaired) electrons. The maximum Gasteiger partial charge on any atom is 0.330 e. The van der Waals surface area contributed by atoms with Crippen molar-refractivity contribution in [1.29, 1.82) is 0 Å². The average molecular weight is 286 g/mol. The van der Waals surface area contributed by atoms with Gasteiger partial charge in [0.05, 0.1) is 19.6 Å². The summed E-state index contributed by atoms with van der Waals surface area (Å²) in [6.45, 7) is 8.13. The number of carbonyl (C=O) groups is 1. The third-order valence-corrected chi connectivity index (χ3v) is 4.09. The lowest BCUT2D eigenvalue weighted by atomic mass is 10.2. The standard InChI is InChI=1S/C18H24NO2/c1-2-18(20)21-16-15-19(12-6-7-13-19)14-8-11-17-9-4-3-5-10-17/h2-5,8-11H,1,6-7,12-16H2/q+1. The highest BCUT2D eigenvalue weighted by atomic mass is 16.5. The number of hydrogen-bond donors (Lipinski definition) is 0. The number of benzene rings is 1. The monoisotopic (exact) mass is 286 g/mol. The van der Waals surface area contributed by atoms with Gasteiger partial charge in [0, 0.05) is 18.9 Å². The zero-order valence-corrected chi connectivity index (χ0v) is 12.5. The Morgan fingerprint density at radius 3 is 2.62 bits per heavy atom. The quantitative estimate of drug-likeness (QED) is 0.437. The lowest BCUT2D eigenvalue weighted by molar-refractivity contribution is -0.911. The van der Waals surface area contributed by atoms with Crippen molar-refractivity contribution in [1.82, 2.24) is 0 Å². The molecule has 1 heterocycles. The van der Waals surface area contributed by atoms with Gasteiger partial charge in [-0.25, -0.2) is 4.79 Å². The number of rotatable bonds is 7. The summed E-state index contributed by atoms with van der Waals surface area (Å²) in [4.78, 5) is 11.1. The van der Waals surface area contributed by atoms with Crippen LogP contribution in [0.15, 0.2) is 49.1 Å². The molecule has 3 nitrogen and oxygen atoms in total. The van der Waals surface area contributed by atoms with Crippen LogP contribution >= 0.6 is 0 Å². The van der Waals surface area contributed by atoms with Crippen LogP contribution in [0.2, 0.25) is 0 Å². The number of likely N-dealkylation sites (tertiary alicyclic amines) is 1. The van der Waals surface area contributed by atoms with E-state index in [2.05, 4.69) is 43.0 Å². The zero-order chi connectivity index (χ0) is 15.0. The van der Waals surface area contributed by atoms with Gasteiger partial charge in [0.2, 0.25) is 0 Å². The highest BCUT2D eigenvalue weighted by molar-refractivity contribution is 5.81. The summed E-state index contributed by atoms with van der Waals surface area (Å²) in [7, 11) is 0. The molecule has 3 heteroatoms. The second-order valence-electron chi connectivity index (χ2n) is 5.59. The van der Waals surface area contributed by atoms with Gasteiger partial charge in [-0.2, -0.15) is 0 Å². The first-order chi connectivity index (χ1) is 10.2. The second-order valence-corrected chi connectivity index (χ2v) is 5.59. The Kier molecular flexibility index (Phi) is 5.76. The maximum atomic E-state index is 11.1. The fourth-order valence-corrected chi connectivity index (χ4v) is 2.88. The first kappa shape index (κ1) is 15.5. The minimum Gasteiger partial charge on any atom is -0.457 e. The highest BCUT2D eigenvalue weighted by Gasteiger charge is 2.30. The molecule has 0 amide bonds.